The molecule has 2 aromatic rings. The van der Waals surface area contributed by atoms with Gasteiger partial charge in [0.25, 0.3) is 0 Å². The smallest absolute Gasteiger partial charge is 0.212 e. The second-order valence-electron chi connectivity index (χ2n) is 6.39. The molecule has 0 aliphatic carbocycles. The summed E-state index contributed by atoms with van der Waals surface area (Å²) < 4.78 is 25.6. The molecule has 1 N–H and O–H groups in total. The number of nitrogens with one attached hydrogen (secondary N) is 1. The van der Waals surface area contributed by atoms with Crippen molar-refractivity contribution in [3.8, 4) is 0 Å². The van der Waals surface area contributed by atoms with E-state index in [1.807, 2.05) is 50.2 Å². The van der Waals surface area contributed by atoms with Crippen LogP contribution in [0.1, 0.15) is 67.0 Å². The molecule has 1 radical (unpaired) electrons. The molecule has 0 amide bonds. The van der Waals surface area contributed by atoms with Crippen LogP contribution in [-0.4, -0.2) is 20.2 Å². The number of benzene rings is 2. The molecule has 5 heteroatoms. The van der Waals surface area contributed by atoms with Crippen LogP contribution in [0.5, 0.6) is 0 Å². The van der Waals surface area contributed by atoms with Crippen LogP contribution in [-0.2, 0) is 49.2 Å². The van der Waals surface area contributed by atoms with Crippen LogP contribution in [0, 0.1) is 0 Å². The van der Waals surface area contributed by atoms with E-state index in [1.54, 1.807) is 0 Å². The zero-order valence-corrected chi connectivity index (χ0v) is 19.3. The molecule has 28 heavy (non-hydrogen) atoms. The van der Waals surface area contributed by atoms with Crippen LogP contribution < -0.4 is 4.72 Å². The number of sulfonamides is 1. The zero-order chi connectivity index (χ0) is 18.0. The van der Waals surface area contributed by atoms with Gasteiger partial charge in [-0.2, -0.15) is 0 Å². The number of hydrogen-bond acceptors (Lipinski definition) is 2. The summed E-state index contributed by atoms with van der Waals surface area (Å²) in [7, 11) is -3.13. The Morgan fingerprint density at radius 1 is 0.786 bits per heavy atom. The quantitative estimate of drug-likeness (QED) is 0.525. The summed E-state index contributed by atoms with van der Waals surface area (Å²) >= 11 is 0. The Bertz CT molecular complexity index is 672. The molecule has 0 atom stereocenters. The topological polar surface area (TPSA) is 46.2 Å². The molecule has 0 aliphatic rings. The van der Waals surface area contributed by atoms with E-state index in [0.29, 0.717) is 12.3 Å². The molecule has 0 unspecified atom stereocenters. The maximum Gasteiger partial charge on any atom is 0.212 e. The second-order valence-corrected chi connectivity index (χ2v) is 8.27. The molecule has 3 nitrogen and oxygen atoms in total. The Balaban J connectivity index is -0.000000195. The van der Waals surface area contributed by atoms with Crippen molar-refractivity contribution in [1.29, 1.82) is 0 Å². The fourth-order valence-electron chi connectivity index (χ4n) is 2.15. The van der Waals surface area contributed by atoms with Gasteiger partial charge in [-0.25, -0.2) is 13.1 Å². The van der Waals surface area contributed by atoms with Gasteiger partial charge < -0.3 is 0 Å². The van der Waals surface area contributed by atoms with Crippen molar-refractivity contribution >= 4 is 10.0 Å². The van der Waals surface area contributed by atoms with Crippen LogP contribution in [0.4, 0.5) is 0 Å². The summed E-state index contributed by atoms with van der Waals surface area (Å²) in [4.78, 5) is 0. The molecule has 159 valence electrons. The molecule has 0 bridgehead atoms. The minimum Gasteiger partial charge on any atom is -0.213 e. The fourth-order valence-corrected chi connectivity index (χ4v) is 3.49. The van der Waals surface area contributed by atoms with Crippen molar-refractivity contribution in [2.75, 3.05) is 5.75 Å². The van der Waals surface area contributed by atoms with Gasteiger partial charge in [-0.05, 0) is 37.3 Å². The Labute approximate surface area is 200 Å². The van der Waals surface area contributed by atoms with E-state index < -0.39 is 10.0 Å². The van der Waals surface area contributed by atoms with E-state index in [2.05, 4.69) is 42.8 Å². The standard InChI is InChI=1S/C11H17NO2S.C9H12.3CH4.Y/c1-10(2)12-15(13,14)9-8-11-6-4-3-5-7-11;1-8(2)9-6-4-3-5-7-9;;;;/h3-7,10,12H,8-9H2,1-2H3;3-8H,1-2H3;3*1H4;. The first-order valence-corrected chi connectivity index (χ1v) is 10.0. The van der Waals surface area contributed by atoms with Gasteiger partial charge in [-0.1, -0.05) is 96.8 Å². The van der Waals surface area contributed by atoms with E-state index >= 15 is 0 Å². The second kappa shape index (κ2) is 18.5. The molecule has 2 aromatic carbocycles. The molecule has 0 fully saturated rings. The predicted molar refractivity (Wildman–Crippen MR) is 123 cm³/mol. The number of rotatable bonds is 6. The summed E-state index contributed by atoms with van der Waals surface area (Å²) in [6.45, 7) is 8.05. The SMILES string of the molecule is C.C.C.CC(C)NS(=O)(=O)CCc1ccccc1.CC(C)c1ccccc1.[Y]. The van der Waals surface area contributed by atoms with Crippen LogP contribution in [0.2, 0.25) is 0 Å². The van der Waals surface area contributed by atoms with Crippen molar-refractivity contribution in [2.24, 2.45) is 0 Å². The summed E-state index contributed by atoms with van der Waals surface area (Å²) in [6.07, 6.45) is 0.558. The minimum absolute atomic E-state index is 0. The third-order valence-electron chi connectivity index (χ3n) is 3.38. The molecule has 2 rings (SSSR count). The van der Waals surface area contributed by atoms with Crippen molar-refractivity contribution in [1.82, 2.24) is 4.72 Å². The van der Waals surface area contributed by atoms with Crippen molar-refractivity contribution in [3.63, 3.8) is 0 Å². The van der Waals surface area contributed by atoms with E-state index in [0.717, 1.165) is 5.56 Å². The summed E-state index contributed by atoms with van der Waals surface area (Å²) in [5.74, 6) is 0.807. The third kappa shape index (κ3) is 16.4. The first-order valence-electron chi connectivity index (χ1n) is 8.39. The van der Waals surface area contributed by atoms with Crippen molar-refractivity contribution in [3.05, 3.63) is 71.8 Å². The summed E-state index contributed by atoms with van der Waals surface area (Å²) in [6, 6.07) is 20.1. The molecular weight excluding hydrogens is 443 g/mol. The average Bonchev–Trinajstić information content (AvgIpc) is 2.54. The summed E-state index contributed by atoms with van der Waals surface area (Å²) in [5.41, 5.74) is 2.46. The van der Waals surface area contributed by atoms with Crippen LogP contribution in [0.25, 0.3) is 0 Å². The third-order valence-corrected chi connectivity index (χ3v) is 4.96. The number of aryl methyl sites for hydroxylation is 1. The van der Waals surface area contributed by atoms with Gasteiger partial charge in [-0.15, -0.1) is 0 Å². The predicted octanol–water partition coefficient (Wildman–Crippen LogP) is 6.27. The molecule has 0 saturated heterocycles. The van der Waals surface area contributed by atoms with E-state index in [-0.39, 0.29) is 66.8 Å². The van der Waals surface area contributed by atoms with Gasteiger partial charge in [-0.3, -0.25) is 0 Å². The van der Waals surface area contributed by atoms with Gasteiger partial charge in [0.1, 0.15) is 0 Å². The van der Waals surface area contributed by atoms with Gasteiger partial charge in [0.2, 0.25) is 10.0 Å². The normalized spacial score (nSPS) is 9.64. The molecule has 0 aliphatic heterocycles. The van der Waals surface area contributed by atoms with Crippen LogP contribution in [0.3, 0.4) is 0 Å². The molecule has 0 spiro atoms. The Hall–Kier alpha value is -0.546. The van der Waals surface area contributed by atoms with Crippen molar-refractivity contribution < 1.29 is 41.1 Å². The minimum atomic E-state index is -3.13. The van der Waals surface area contributed by atoms with Gasteiger partial charge in [0.15, 0.2) is 0 Å². The largest absolute Gasteiger partial charge is 0.213 e. The average molecular weight is 485 g/mol. The Kier molecular flexibility index (Phi) is 23.1. The molecular formula is C23H41NO2SY. The van der Waals surface area contributed by atoms with E-state index in [9.17, 15) is 8.42 Å². The molecule has 0 aromatic heterocycles. The monoisotopic (exact) mass is 484 g/mol. The van der Waals surface area contributed by atoms with Crippen LogP contribution >= 0.6 is 0 Å². The summed E-state index contributed by atoms with van der Waals surface area (Å²) in [5, 5.41) is 0. The van der Waals surface area contributed by atoms with Crippen LogP contribution in [0.15, 0.2) is 60.7 Å². The Morgan fingerprint density at radius 2 is 1.21 bits per heavy atom. The van der Waals surface area contributed by atoms with E-state index in [1.165, 1.54) is 5.56 Å². The fraction of sp³-hybridized carbons (Fsp3) is 0.478. The Morgan fingerprint density at radius 3 is 1.57 bits per heavy atom. The van der Waals surface area contributed by atoms with Gasteiger partial charge in [0, 0.05) is 38.8 Å². The van der Waals surface area contributed by atoms with Gasteiger partial charge in [0.05, 0.1) is 5.75 Å². The molecule has 0 heterocycles. The maximum atomic E-state index is 11.5. The van der Waals surface area contributed by atoms with E-state index in [4.69, 9.17) is 0 Å². The number of hydrogen-bond donors (Lipinski definition) is 1. The molecule has 0 saturated carbocycles. The first-order chi connectivity index (χ1) is 11.3. The zero-order valence-electron chi connectivity index (χ0n) is 15.6. The first kappa shape index (κ1) is 34.9. The van der Waals surface area contributed by atoms with Gasteiger partial charge >= 0.3 is 0 Å². The van der Waals surface area contributed by atoms with Crippen molar-refractivity contribution in [2.45, 2.75) is 68.4 Å². The maximum absolute atomic E-state index is 11.5.